The van der Waals surface area contributed by atoms with Gasteiger partial charge in [0.1, 0.15) is 5.51 Å². The van der Waals surface area contributed by atoms with E-state index in [4.69, 9.17) is 0 Å². The van der Waals surface area contributed by atoms with Crippen molar-refractivity contribution >= 4 is 28.2 Å². The van der Waals surface area contributed by atoms with E-state index >= 15 is 0 Å². The first-order valence-electron chi connectivity index (χ1n) is 5.68. The minimum absolute atomic E-state index is 0.0757. The Bertz CT molecular complexity index is 560. The zero-order valence-corrected chi connectivity index (χ0v) is 11.0. The molecule has 0 aliphatic carbocycles. The van der Waals surface area contributed by atoms with E-state index in [1.54, 1.807) is 0 Å². The summed E-state index contributed by atoms with van der Waals surface area (Å²) < 4.78 is 14.1. The Hall–Kier alpha value is -2.09. The summed E-state index contributed by atoms with van der Waals surface area (Å²) in [5.74, 6) is -1.17. The minimum atomic E-state index is -0.669. The summed E-state index contributed by atoms with van der Waals surface area (Å²) in [5, 5.41) is 12.9. The average molecular weight is 281 g/mol. The highest BCUT2D eigenvalue weighted by Gasteiger charge is 2.16. The van der Waals surface area contributed by atoms with Crippen molar-refractivity contribution in [1.82, 2.24) is 15.2 Å². The van der Waals surface area contributed by atoms with Gasteiger partial charge in [0, 0.05) is 12.7 Å². The lowest BCUT2D eigenvalue weighted by molar-refractivity contribution is 0.102. The van der Waals surface area contributed by atoms with Gasteiger partial charge in [-0.05, 0) is 12.5 Å². The maximum absolute atomic E-state index is 14.1. The van der Waals surface area contributed by atoms with Crippen LogP contribution in [-0.4, -0.2) is 27.6 Å². The number of nitrogens with one attached hydrogen (secondary N) is 2. The van der Waals surface area contributed by atoms with Crippen LogP contribution in [0.15, 0.2) is 17.8 Å². The monoisotopic (exact) mass is 281 g/mol. The normalized spacial score (nSPS) is 10.2. The molecule has 0 aliphatic rings. The van der Waals surface area contributed by atoms with Crippen LogP contribution in [0.4, 0.5) is 15.3 Å². The van der Waals surface area contributed by atoms with Crippen LogP contribution in [0.3, 0.4) is 0 Å². The molecule has 2 rings (SSSR count). The number of carbonyl (C=O) groups is 1. The molecule has 0 unspecified atom stereocenters. The van der Waals surface area contributed by atoms with E-state index in [1.807, 2.05) is 6.92 Å². The number of hydrogen-bond donors (Lipinski definition) is 2. The van der Waals surface area contributed by atoms with Gasteiger partial charge in [-0.2, -0.15) is 0 Å². The van der Waals surface area contributed by atoms with Crippen LogP contribution in [0.25, 0.3) is 0 Å². The van der Waals surface area contributed by atoms with E-state index < -0.39 is 11.7 Å². The van der Waals surface area contributed by atoms with Gasteiger partial charge >= 0.3 is 0 Å². The third kappa shape index (κ3) is 3.22. The molecule has 6 nitrogen and oxygen atoms in total. The Morgan fingerprint density at radius 3 is 3.05 bits per heavy atom. The van der Waals surface area contributed by atoms with Crippen LogP contribution < -0.4 is 10.6 Å². The SMILES string of the molecule is CCCNc1nccc(C(=O)Nc2nncs2)c1F. The minimum Gasteiger partial charge on any atom is -0.368 e. The molecule has 100 valence electrons. The number of carbonyl (C=O) groups excluding carboxylic acids is 1. The standard InChI is InChI=1S/C11H12FN5OS/c1-2-4-13-9-8(12)7(3-5-14-9)10(18)16-11-17-15-6-19-11/h3,5-6H,2,4H2,1H3,(H,13,14)(H,16,17,18). The van der Waals surface area contributed by atoms with Crippen molar-refractivity contribution in [2.45, 2.75) is 13.3 Å². The van der Waals surface area contributed by atoms with Crippen LogP contribution in [-0.2, 0) is 0 Å². The molecule has 0 aliphatic heterocycles. The lowest BCUT2D eigenvalue weighted by Gasteiger charge is -2.08. The Balaban J connectivity index is 2.17. The lowest BCUT2D eigenvalue weighted by Crippen LogP contribution is -2.16. The second kappa shape index (κ2) is 6.19. The molecule has 2 aromatic heterocycles. The van der Waals surface area contributed by atoms with Gasteiger partial charge in [-0.3, -0.25) is 10.1 Å². The Morgan fingerprint density at radius 2 is 2.37 bits per heavy atom. The third-order valence-electron chi connectivity index (χ3n) is 2.26. The van der Waals surface area contributed by atoms with Gasteiger partial charge in [-0.15, -0.1) is 10.2 Å². The fourth-order valence-electron chi connectivity index (χ4n) is 1.38. The summed E-state index contributed by atoms with van der Waals surface area (Å²) in [4.78, 5) is 15.8. The summed E-state index contributed by atoms with van der Waals surface area (Å²) in [5.41, 5.74) is 1.40. The Labute approximate surface area is 113 Å². The number of halogens is 1. The molecular weight excluding hydrogens is 269 g/mol. The van der Waals surface area contributed by atoms with Crippen molar-refractivity contribution in [2.24, 2.45) is 0 Å². The topological polar surface area (TPSA) is 79.8 Å². The highest BCUT2D eigenvalue weighted by atomic mass is 32.1. The zero-order chi connectivity index (χ0) is 13.7. The summed E-state index contributed by atoms with van der Waals surface area (Å²) in [6, 6.07) is 1.32. The van der Waals surface area contributed by atoms with E-state index in [0.717, 1.165) is 17.8 Å². The van der Waals surface area contributed by atoms with E-state index in [1.165, 1.54) is 17.8 Å². The van der Waals surface area contributed by atoms with Crippen LogP contribution in [0.1, 0.15) is 23.7 Å². The quantitative estimate of drug-likeness (QED) is 0.877. The number of pyridine rings is 1. The molecule has 8 heteroatoms. The smallest absolute Gasteiger partial charge is 0.260 e. The van der Waals surface area contributed by atoms with E-state index in [-0.39, 0.29) is 11.4 Å². The highest BCUT2D eigenvalue weighted by molar-refractivity contribution is 7.13. The van der Waals surface area contributed by atoms with Crippen molar-refractivity contribution in [2.75, 3.05) is 17.2 Å². The third-order valence-corrected chi connectivity index (χ3v) is 2.86. The Morgan fingerprint density at radius 1 is 1.53 bits per heavy atom. The number of nitrogens with zero attached hydrogens (tertiary/aromatic N) is 3. The maximum atomic E-state index is 14.1. The van der Waals surface area contributed by atoms with Gasteiger partial charge < -0.3 is 5.32 Å². The number of hydrogen-bond acceptors (Lipinski definition) is 6. The van der Waals surface area contributed by atoms with Crippen molar-refractivity contribution in [3.05, 3.63) is 29.2 Å². The fourth-order valence-corrected chi connectivity index (χ4v) is 1.82. The molecule has 0 saturated heterocycles. The van der Waals surface area contributed by atoms with Gasteiger partial charge in [0.2, 0.25) is 5.13 Å². The molecule has 19 heavy (non-hydrogen) atoms. The largest absolute Gasteiger partial charge is 0.368 e. The van der Waals surface area contributed by atoms with Crippen LogP contribution in [0.5, 0.6) is 0 Å². The average Bonchev–Trinajstić information content (AvgIpc) is 2.90. The van der Waals surface area contributed by atoms with Crippen LogP contribution in [0, 0.1) is 5.82 Å². The number of rotatable bonds is 5. The molecule has 2 heterocycles. The first-order chi connectivity index (χ1) is 9.22. The summed E-state index contributed by atoms with van der Waals surface area (Å²) in [6.45, 7) is 2.54. The first-order valence-corrected chi connectivity index (χ1v) is 6.56. The molecule has 0 saturated carbocycles. The second-order valence-electron chi connectivity index (χ2n) is 3.65. The number of aromatic nitrogens is 3. The number of anilines is 2. The zero-order valence-electron chi connectivity index (χ0n) is 10.2. The predicted octanol–water partition coefficient (Wildman–Crippen LogP) is 2.15. The molecule has 0 atom stereocenters. The highest BCUT2D eigenvalue weighted by Crippen LogP contribution is 2.17. The van der Waals surface area contributed by atoms with Gasteiger partial charge in [0.15, 0.2) is 11.6 Å². The van der Waals surface area contributed by atoms with Crippen molar-refractivity contribution in [1.29, 1.82) is 0 Å². The summed E-state index contributed by atoms with van der Waals surface area (Å²) in [6.07, 6.45) is 2.22. The van der Waals surface area contributed by atoms with Crippen molar-refractivity contribution < 1.29 is 9.18 Å². The van der Waals surface area contributed by atoms with E-state index in [2.05, 4.69) is 25.8 Å². The van der Waals surface area contributed by atoms with Gasteiger partial charge in [-0.25, -0.2) is 9.37 Å². The molecule has 0 radical (unpaired) electrons. The first kappa shape index (κ1) is 13.3. The van der Waals surface area contributed by atoms with E-state index in [9.17, 15) is 9.18 Å². The Kier molecular flexibility index (Phi) is 4.35. The lowest BCUT2D eigenvalue weighted by atomic mass is 10.2. The molecule has 1 amide bonds. The molecule has 0 aromatic carbocycles. The fraction of sp³-hybridized carbons (Fsp3) is 0.273. The van der Waals surface area contributed by atoms with E-state index in [0.29, 0.717) is 11.7 Å². The van der Waals surface area contributed by atoms with Crippen LogP contribution in [0.2, 0.25) is 0 Å². The molecular formula is C11H12FN5OS. The molecule has 0 spiro atoms. The summed E-state index contributed by atoms with van der Waals surface area (Å²) >= 11 is 1.16. The predicted molar refractivity (Wildman–Crippen MR) is 70.8 cm³/mol. The molecule has 0 bridgehead atoms. The van der Waals surface area contributed by atoms with Gasteiger partial charge in [0.05, 0.1) is 5.56 Å². The maximum Gasteiger partial charge on any atom is 0.260 e. The van der Waals surface area contributed by atoms with Gasteiger partial charge in [0.25, 0.3) is 5.91 Å². The van der Waals surface area contributed by atoms with Crippen molar-refractivity contribution in [3.8, 4) is 0 Å². The van der Waals surface area contributed by atoms with Gasteiger partial charge in [-0.1, -0.05) is 18.3 Å². The second-order valence-corrected chi connectivity index (χ2v) is 4.48. The van der Waals surface area contributed by atoms with Crippen molar-refractivity contribution in [3.63, 3.8) is 0 Å². The molecule has 2 aromatic rings. The summed E-state index contributed by atoms with van der Waals surface area (Å²) in [7, 11) is 0. The number of amides is 1. The molecule has 2 N–H and O–H groups in total. The molecule has 0 fully saturated rings. The van der Waals surface area contributed by atoms with Crippen LogP contribution >= 0.6 is 11.3 Å².